The van der Waals surface area contributed by atoms with E-state index in [1.165, 1.54) is 23.4 Å². The molecule has 3 aromatic rings. The summed E-state index contributed by atoms with van der Waals surface area (Å²) in [5.74, 6) is 1.37. The molecule has 2 aliphatic heterocycles. The normalized spacial score (nSPS) is 16.2. The van der Waals surface area contributed by atoms with E-state index in [0.29, 0.717) is 66.9 Å². The van der Waals surface area contributed by atoms with Crippen LogP contribution in [0.25, 0.3) is 10.9 Å². The van der Waals surface area contributed by atoms with Gasteiger partial charge in [0.25, 0.3) is 5.56 Å². The number of fused-ring (bicyclic) bond motifs is 2. The zero-order valence-corrected chi connectivity index (χ0v) is 20.9. The standard InChI is InChI=1S/C24H27N5O6S/c1-3-29-23(31)19-14-21-22(35-13-12-34-21)15-20(19)26-24(29)27-8-10-28(11-9-27)36(32,33)18-6-4-17(5-7-18)25-16(2)30/h4-7,14-15H,3,8-13H2,1-2H3,(H,25,30). The smallest absolute Gasteiger partial charge is 0.262 e. The number of sulfonamides is 1. The number of hydrogen-bond acceptors (Lipinski definition) is 8. The Hall–Kier alpha value is -3.64. The Morgan fingerprint density at radius 3 is 2.28 bits per heavy atom. The molecule has 36 heavy (non-hydrogen) atoms. The molecule has 12 heteroatoms. The van der Waals surface area contributed by atoms with Gasteiger partial charge in [-0.2, -0.15) is 4.31 Å². The summed E-state index contributed by atoms with van der Waals surface area (Å²) in [4.78, 5) is 31.4. The number of carbonyl (C=O) groups excluding carboxylic acids is 1. The Labute approximate surface area is 208 Å². The van der Waals surface area contributed by atoms with Crippen molar-refractivity contribution in [1.82, 2.24) is 13.9 Å². The molecule has 3 heterocycles. The zero-order chi connectivity index (χ0) is 25.4. The summed E-state index contributed by atoms with van der Waals surface area (Å²) in [6, 6.07) is 9.50. The van der Waals surface area contributed by atoms with Crippen molar-refractivity contribution in [2.75, 3.05) is 49.6 Å². The first-order chi connectivity index (χ1) is 17.3. The first-order valence-electron chi connectivity index (χ1n) is 11.7. The van der Waals surface area contributed by atoms with E-state index in [1.807, 2.05) is 11.8 Å². The van der Waals surface area contributed by atoms with Crippen molar-refractivity contribution in [3.05, 3.63) is 46.8 Å². The summed E-state index contributed by atoms with van der Waals surface area (Å²) < 4.78 is 40.6. The molecule has 1 aromatic heterocycles. The van der Waals surface area contributed by atoms with Crippen LogP contribution in [-0.4, -0.2) is 67.6 Å². The fourth-order valence-corrected chi connectivity index (χ4v) is 5.89. The number of aromatic nitrogens is 2. The predicted octanol–water partition coefficient (Wildman–Crippen LogP) is 1.66. The van der Waals surface area contributed by atoms with Gasteiger partial charge >= 0.3 is 0 Å². The molecule has 0 aliphatic carbocycles. The lowest BCUT2D eigenvalue weighted by Gasteiger charge is -2.35. The van der Waals surface area contributed by atoms with Crippen LogP contribution < -0.4 is 25.2 Å². The molecule has 1 saturated heterocycles. The molecular weight excluding hydrogens is 486 g/mol. The van der Waals surface area contributed by atoms with Gasteiger partial charge in [-0.3, -0.25) is 14.2 Å². The van der Waals surface area contributed by atoms with Gasteiger partial charge in [0.15, 0.2) is 11.5 Å². The molecule has 1 fully saturated rings. The number of ether oxygens (including phenoxy) is 2. The highest BCUT2D eigenvalue weighted by molar-refractivity contribution is 7.89. The van der Waals surface area contributed by atoms with Crippen LogP contribution in [0.15, 0.2) is 46.1 Å². The van der Waals surface area contributed by atoms with Gasteiger partial charge in [-0.1, -0.05) is 0 Å². The molecule has 0 saturated carbocycles. The summed E-state index contributed by atoms with van der Waals surface area (Å²) in [5, 5.41) is 3.08. The van der Waals surface area contributed by atoms with Crippen LogP contribution in [0.5, 0.6) is 11.5 Å². The Bertz CT molecular complexity index is 1480. The molecule has 1 amide bonds. The number of nitrogens with zero attached hydrogens (tertiary/aromatic N) is 4. The SMILES string of the molecule is CCn1c(N2CCN(S(=O)(=O)c3ccc(NC(C)=O)cc3)CC2)nc2cc3c(cc2c1=O)OCCO3. The van der Waals surface area contributed by atoms with E-state index < -0.39 is 10.0 Å². The minimum atomic E-state index is -3.71. The number of piperazine rings is 1. The van der Waals surface area contributed by atoms with Crippen LogP contribution >= 0.6 is 0 Å². The predicted molar refractivity (Wildman–Crippen MR) is 134 cm³/mol. The molecule has 0 bridgehead atoms. The van der Waals surface area contributed by atoms with Gasteiger partial charge in [0.05, 0.1) is 15.8 Å². The van der Waals surface area contributed by atoms with Crippen molar-refractivity contribution in [3.63, 3.8) is 0 Å². The lowest BCUT2D eigenvalue weighted by molar-refractivity contribution is -0.114. The van der Waals surface area contributed by atoms with Gasteiger partial charge in [-0.15, -0.1) is 0 Å². The van der Waals surface area contributed by atoms with Crippen LogP contribution in [-0.2, 0) is 21.4 Å². The monoisotopic (exact) mass is 513 g/mol. The molecule has 2 aromatic carbocycles. The number of benzene rings is 2. The van der Waals surface area contributed by atoms with Crippen molar-refractivity contribution in [3.8, 4) is 11.5 Å². The van der Waals surface area contributed by atoms with Crippen molar-refractivity contribution in [2.45, 2.75) is 25.3 Å². The number of amides is 1. The molecule has 0 radical (unpaired) electrons. The highest BCUT2D eigenvalue weighted by Crippen LogP contribution is 2.33. The van der Waals surface area contributed by atoms with Crippen LogP contribution in [0.4, 0.5) is 11.6 Å². The van der Waals surface area contributed by atoms with E-state index in [0.717, 1.165) is 0 Å². The Kier molecular flexibility index (Phi) is 6.31. The van der Waals surface area contributed by atoms with E-state index in [-0.39, 0.29) is 29.5 Å². The van der Waals surface area contributed by atoms with Crippen molar-refractivity contribution < 1.29 is 22.7 Å². The summed E-state index contributed by atoms with van der Waals surface area (Å²) in [6.45, 7) is 5.80. The summed E-state index contributed by atoms with van der Waals surface area (Å²) in [7, 11) is -3.71. The van der Waals surface area contributed by atoms with Gasteiger partial charge in [0.1, 0.15) is 13.2 Å². The van der Waals surface area contributed by atoms with Crippen molar-refractivity contribution >= 4 is 38.5 Å². The highest BCUT2D eigenvalue weighted by atomic mass is 32.2. The third kappa shape index (κ3) is 4.37. The van der Waals surface area contributed by atoms with E-state index in [1.54, 1.807) is 28.8 Å². The third-order valence-electron chi connectivity index (χ3n) is 6.25. The van der Waals surface area contributed by atoms with Gasteiger partial charge in [0.2, 0.25) is 21.9 Å². The second-order valence-corrected chi connectivity index (χ2v) is 10.5. The Morgan fingerprint density at radius 1 is 1.03 bits per heavy atom. The van der Waals surface area contributed by atoms with Crippen LogP contribution in [0, 0.1) is 0 Å². The van der Waals surface area contributed by atoms with E-state index in [4.69, 9.17) is 14.5 Å². The minimum Gasteiger partial charge on any atom is -0.486 e. The molecule has 0 unspecified atom stereocenters. The molecule has 1 N–H and O–H groups in total. The highest BCUT2D eigenvalue weighted by Gasteiger charge is 2.30. The first-order valence-corrected chi connectivity index (χ1v) is 13.2. The largest absolute Gasteiger partial charge is 0.486 e. The van der Waals surface area contributed by atoms with Crippen LogP contribution in [0.3, 0.4) is 0 Å². The second kappa shape index (κ2) is 9.43. The number of rotatable bonds is 5. The van der Waals surface area contributed by atoms with E-state index in [9.17, 15) is 18.0 Å². The van der Waals surface area contributed by atoms with Gasteiger partial charge in [-0.05, 0) is 37.3 Å². The Morgan fingerprint density at radius 2 is 1.67 bits per heavy atom. The fourth-order valence-electron chi connectivity index (χ4n) is 4.46. The number of carbonyl (C=O) groups is 1. The molecule has 0 atom stereocenters. The molecule has 2 aliphatic rings. The summed E-state index contributed by atoms with van der Waals surface area (Å²) >= 11 is 0. The maximum absolute atomic E-state index is 13.3. The number of anilines is 2. The van der Waals surface area contributed by atoms with Crippen molar-refractivity contribution in [1.29, 1.82) is 0 Å². The average Bonchev–Trinajstić information content (AvgIpc) is 2.88. The van der Waals surface area contributed by atoms with Gasteiger partial charge in [-0.25, -0.2) is 13.4 Å². The second-order valence-electron chi connectivity index (χ2n) is 8.57. The molecule has 11 nitrogen and oxygen atoms in total. The molecule has 5 rings (SSSR count). The number of nitrogens with one attached hydrogen (secondary N) is 1. The van der Waals surface area contributed by atoms with Crippen molar-refractivity contribution in [2.24, 2.45) is 0 Å². The van der Waals surface area contributed by atoms with Crippen LogP contribution in [0.1, 0.15) is 13.8 Å². The molecule has 0 spiro atoms. The summed E-state index contributed by atoms with van der Waals surface area (Å²) in [5.41, 5.74) is 0.867. The van der Waals surface area contributed by atoms with Gasteiger partial charge in [0, 0.05) is 51.4 Å². The maximum Gasteiger partial charge on any atom is 0.262 e. The lowest BCUT2D eigenvalue weighted by Crippen LogP contribution is -2.50. The van der Waals surface area contributed by atoms with E-state index in [2.05, 4.69) is 5.32 Å². The average molecular weight is 514 g/mol. The lowest BCUT2D eigenvalue weighted by atomic mass is 10.2. The minimum absolute atomic E-state index is 0.159. The third-order valence-corrected chi connectivity index (χ3v) is 8.16. The van der Waals surface area contributed by atoms with Gasteiger partial charge < -0.3 is 19.7 Å². The first kappa shape index (κ1) is 24.1. The quantitative estimate of drug-likeness (QED) is 0.547. The maximum atomic E-state index is 13.3. The molecular formula is C24H27N5O6S. The zero-order valence-electron chi connectivity index (χ0n) is 20.1. The van der Waals surface area contributed by atoms with Crippen LogP contribution in [0.2, 0.25) is 0 Å². The Balaban J connectivity index is 1.38. The molecule has 190 valence electrons. The fraction of sp³-hybridized carbons (Fsp3) is 0.375. The van der Waals surface area contributed by atoms with E-state index >= 15 is 0 Å². The topological polar surface area (TPSA) is 123 Å². The number of hydrogen-bond donors (Lipinski definition) is 1. The summed E-state index contributed by atoms with van der Waals surface area (Å²) in [6.07, 6.45) is 0.